The van der Waals surface area contributed by atoms with Crippen molar-refractivity contribution in [2.24, 2.45) is 34.5 Å². The van der Waals surface area contributed by atoms with Crippen molar-refractivity contribution < 1.29 is 24.5 Å². The van der Waals surface area contributed by atoms with Gasteiger partial charge in [0, 0.05) is 11.8 Å². The van der Waals surface area contributed by atoms with E-state index >= 15 is 0 Å². The van der Waals surface area contributed by atoms with Crippen molar-refractivity contribution in [3.8, 4) is 0 Å². The fourth-order valence-corrected chi connectivity index (χ4v) is 7.45. The van der Waals surface area contributed by atoms with Crippen LogP contribution in [0.3, 0.4) is 0 Å². The second-order valence-corrected chi connectivity index (χ2v) is 10.5. The monoisotopic (exact) mass is 404 g/mol. The van der Waals surface area contributed by atoms with Crippen molar-refractivity contribution in [1.82, 2.24) is 0 Å². The highest BCUT2D eigenvalue weighted by atomic mass is 16.6. The lowest BCUT2D eigenvalue weighted by Crippen LogP contribution is -2.56. The highest BCUT2D eigenvalue weighted by Crippen LogP contribution is 2.67. The predicted octanol–water partition coefficient (Wildman–Crippen LogP) is 4.33. The number of unbranched alkanes of at least 4 members (excludes halogenated alkanes) is 1. The maximum Gasteiger partial charge on any atom is 0.314 e. The van der Waals surface area contributed by atoms with Gasteiger partial charge < -0.3 is 14.9 Å². The Morgan fingerprint density at radius 1 is 1.21 bits per heavy atom. The van der Waals surface area contributed by atoms with E-state index < -0.39 is 17.7 Å². The van der Waals surface area contributed by atoms with Crippen LogP contribution in [0.4, 0.5) is 0 Å². The number of ether oxygens (including phenoxy) is 1. The molecule has 29 heavy (non-hydrogen) atoms. The van der Waals surface area contributed by atoms with Gasteiger partial charge in [0.25, 0.3) is 0 Å². The summed E-state index contributed by atoms with van der Waals surface area (Å²) in [6, 6.07) is 0. The minimum atomic E-state index is -1.04. The summed E-state index contributed by atoms with van der Waals surface area (Å²) in [6.45, 7) is 7.14. The number of carbonyl (C=O) groups excluding carboxylic acids is 1. The number of allylic oxidation sites excluding steroid dienone is 1. The van der Waals surface area contributed by atoms with Gasteiger partial charge in [-0.3, -0.25) is 9.59 Å². The number of ketones is 1. The number of carboxylic acid groups (broad SMARTS) is 1. The third-order valence-electron chi connectivity index (χ3n) is 9.24. The van der Waals surface area contributed by atoms with E-state index in [1.165, 1.54) is 0 Å². The third kappa shape index (κ3) is 3.03. The quantitative estimate of drug-likeness (QED) is 0.405. The van der Waals surface area contributed by atoms with Gasteiger partial charge in [-0.2, -0.15) is 0 Å². The van der Waals surface area contributed by atoms with Crippen molar-refractivity contribution in [3.05, 3.63) is 11.6 Å². The van der Waals surface area contributed by atoms with E-state index in [4.69, 9.17) is 4.74 Å². The SMILES string of the molecule is CCCCOC1(O)CC[C@H]2[C@@H]3CCC4=CC(=O)C(C(=O)O)C[C@]4(C)[C@@H]3CC[C@@]21C. The average Bonchev–Trinajstić information content (AvgIpc) is 2.93. The molecule has 3 saturated carbocycles. The molecule has 0 saturated heterocycles. The van der Waals surface area contributed by atoms with Crippen LogP contribution < -0.4 is 0 Å². The number of carbonyl (C=O) groups is 2. The van der Waals surface area contributed by atoms with Gasteiger partial charge in [0.05, 0.1) is 6.61 Å². The summed E-state index contributed by atoms with van der Waals surface area (Å²) in [5.74, 6) is -1.93. The lowest BCUT2D eigenvalue weighted by molar-refractivity contribution is -0.276. The Balaban J connectivity index is 1.60. The minimum Gasteiger partial charge on any atom is -0.481 e. The molecule has 0 aromatic rings. The first-order chi connectivity index (χ1) is 13.7. The molecule has 5 heteroatoms. The van der Waals surface area contributed by atoms with Crippen molar-refractivity contribution in [2.45, 2.75) is 84.3 Å². The molecule has 0 heterocycles. The first kappa shape index (κ1) is 21.0. The molecule has 162 valence electrons. The molecule has 7 atom stereocenters. The van der Waals surface area contributed by atoms with Gasteiger partial charge in [-0.25, -0.2) is 0 Å². The summed E-state index contributed by atoms with van der Waals surface area (Å²) < 4.78 is 6.10. The molecular formula is C24H36O5. The molecule has 0 amide bonds. The first-order valence-electron chi connectivity index (χ1n) is 11.5. The Labute approximate surface area is 173 Å². The fraction of sp³-hybridized carbons (Fsp3) is 0.833. The second kappa shape index (κ2) is 7.19. The zero-order valence-electron chi connectivity index (χ0n) is 18.1. The van der Waals surface area contributed by atoms with E-state index in [1.807, 2.05) is 0 Å². The lowest BCUT2D eigenvalue weighted by Gasteiger charge is -2.59. The molecule has 4 aliphatic carbocycles. The maximum absolute atomic E-state index is 12.3. The number of hydrogen-bond donors (Lipinski definition) is 2. The van der Waals surface area contributed by atoms with E-state index in [1.54, 1.807) is 6.08 Å². The molecule has 0 aromatic heterocycles. The molecule has 3 fully saturated rings. The number of aliphatic hydroxyl groups is 1. The maximum atomic E-state index is 12.3. The molecule has 0 bridgehead atoms. The van der Waals surface area contributed by atoms with E-state index in [0.717, 1.165) is 50.5 Å². The summed E-state index contributed by atoms with van der Waals surface area (Å²) in [6.07, 6.45) is 9.53. The molecule has 0 spiro atoms. The van der Waals surface area contributed by atoms with Crippen molar-refractivity contribution in [3.63, 3.8) is 0 Å². The van der Waals surface area contributed by atoms with Crippen LogP contribution in [-0.4, -0.2) is 34.4 Å². The van der Waals surface area contributed by atoms with Crippen LogP contribution in [-0.2, 0) is 14.3 Å². The highest BCUT2D eigenvalue weighted by molar-refractivity contribution is 6.05. The average molecular weight is 405 g/mol. The smallest absolute Gasteiger partial charge is 0.314 e. The van der Waals surface area contributed by atoms with Gasteiger partial charge >= 0.3 is 5.97 Å². The van der Waals surface area contributed by atoms with Gasteiger partial charge in [0.2, 0.25) is 0 Å². The zero-order valence-corrected chi connectivity index (χ0v) is 18.1. The van der Waals surface area contributed by atoms with Crippen molar-refractivity contribution in [1.29, 1.82) is 0 Å². The summed E-state index contributed by atoms with van der Waals surface area (Å²) >= 11 is 0. The van der Waals surface area contributed by atoms with Gasteiger partial charge in [-0.15, -0.1) is 0 Å². The first-order valence-corrected chi connectivity index (χ1v) is 11.5. The number of rotatable bonds is 5. The van der Waals surface area contributed by atoms with E-state index in [2.05, 4.69) is 20.8 Å². The van der Waals surface area contributed by atoms with Gasteiger partial charge in [0.15, 0.2) is 11.6 Å². The van der Waals surface area contributed by atoms with Crippen LogP contribution in [0.5, 0.6) is 0 Å². The fourth-order valence-electron chi connectivity index (χ4n) is 7.45. The number of carboxylic acids is 1. The Kier molecular flexibility index (Phi) is 5.22. The predicted molar refractivity (Wildman–Crippen MR) is 109 cm³/mol. The molecular weight excluding hydrogens is 368 g/mol. The van der Waals surface area contributed by atoms with Crippen molar-refractivity contribution >= 4 is 11.8 Å². The molecule has 2 unspecified atom stereocenters. The second-order valence-electron chi connectivity index (χ2n) is 10.5. The van der Waals surface area contributed by atoms with Crippen LogP contribution in [0.2, 0.25) is 0 Å². The van der Waals surface area contributed by atoms with Crippen LogP contribution >= 0.6 is 0 Å². The Morgan fingerprint density at radius 3 is 2.62 bits per heavy atom. The van der Waals surface area contributed by atoms with Crippen LogP contribution in [0.25, 0.3) is 0 Å². The summed E-state index contributed by atoms with van der Waals surface area (Å²) in [4.78, 5) is 24.0. The minimum absolute atomic E-state index is 0.217. The molecule has 2 N–H and O–H groups in total. The Morgan fingerprint density at radius 2 is 1.93 bits per heavy atom. The molecule has 4 rings (SSSR count). The normalized spacial score (nSPS) is 46.5. The van der Waals surface area contributed by atoms with Crippen molar-refractivity contribution in [2.75, 3.05) is 6.61 Å². The standard InChI is InChI=1S/C24H36O5/c1-4-5-12-29-24(28)11-9-19-16-7-6-15-13-20(25)17(21(26)27)14-22(15,2)18(16)8-10-23(19,24)3/h13,16-19,28H,4-12,14H2,1-3H3,(H,26,27)/t16-,17?,18-,19+,22+,23+,24?/m1/s1. The van der Waals surface area contributed by atoms with Gasteiger partial charge in [-0.05, 0) is 74.2 Å². The molecule has 0 aliphatic heterocycles. The Bertz CT molecular complexity index is 729. The summed E-state index contributed by atoms with van der Waals surface area (Å²) in [5, 5.41) is 21.0. The van der Waals surface area contributed by atoms with Gasteiger partial charge in [0.1, 0.15) is 5.92 Å². The summed E-state index contributed by atoms with van der Waals surface area (Å²) in [7, 11) is 0. The zero-order chi connectivity index (χ0) is 21.0. The third-order valence-corrected chi connectivity index (χ3v) is 9.24. The summed E-state index contributed by atoms with van der Waals surface area (Å²) in [5.41, 5.74) is 0.707. The topological polar surface area (TPSA) is 83.8 Å². The molecule has 5 nitrogen and oxygen atoms in total. The van der Waals surface area contributed by atoms with E-state index in [0.29, 0.717) is 37.2 Å². The van der Waals surface area contributed by atoms with E-state index in [9.17, 15) is 19.8 Å². The molecule has 4 aliphatic rings. The number of hydrogen-bond acceptors (Lipinski definition) is 4. The van der Waals surface area contributed by atoms with Crippen LogP contribution in [0, 0.1) is 34.5 Å². The van der Waals surface area contributed by atoms with Crippen LogP contribution in [0.15, 0.2) is 11.6 Å². The molecule has 0 aromatic carbocycles. The van der Waals surface area contributed by atoms with Gasteiger partial charge in [-0.1, -0.05) is 32.8 Å². The van der Waals surface area contributed by atoms with Crippen LogP contribution in [0.1, 0.15) is 78.6 Å². The highest BCUT2D eigenvalue weighted by Gasteiger charge is 2.65. The molecule has 0 radical (unpaired) electrons. The number of fused-ring (bicyclic) bond motifs is 5. The number of aliphatic carboxylic acids is 1. The lowest BCUT2D eigenvalue weighted by atomic mass is 9.46. The largest absolute Gasteiger partial charge is 0.481 e. The van der Waals surface area contributed by atoms with E-state index in [-0.39, 0.29) is 16.6 Å². The Hall–Kier alpha value is -1.20.